The van der Waals surface area contributed by atoms with Gasteiger partial charge in [0.05, 0.1) is 6.54 Å². The SMILES string of the molecule is CC(=O)N[C@@H](C)C(=O)N[C@@H](C)C(=O)N[C@@H](CCC(N)=O)C(=O)N[C@@H](C)C(=O)N[C@@H](C)C(=O)N[C@@H](C)C(=O)N[C@@H](C)C(=O)N[C@@H](CCC(N)=O)C(=O)N[C@@H](C)C(=O)N[C@@H](C)C(=O)NCC(=O)N[C@@H](Cc1ccc(O)cc1)C(N)=O. The lowest BCUT2D eigenvalue weighted by atomic mass is 10.1. The molecule has 0 aliphatic heterocycles. The maximum Gasteiger partial charge on any atom is 0.243 e. The van der Waals surface area contributed by atoms with Crippen molar-refractivity contribution in [1.82, 2.24) is 63.8 Å². The molecule has 0 heterocycles. The lowest BCUT2D eigenvalue weighted by Crippen LogP contribution is -2.59. The van der Waals surface area contributed by atoms with Gasteiger partial charge in [-0.15, -0.1) is 0 Å². The number of carbonyl (C=O) groups is 15. The molecule has 0 saturated heterocycles. The Bertz CT molecular complexity index is 2400. The summed E-state index contributed by atoms with van der Waals surface area (Å²) in [6.45, 7) is 10.7. The van der Waals surface area contributed by atoms with Gasteiger partial charge in [0, 0.05) is 26.2 Å². The quantitative estimate of drug-likeness (QED) is 0.0319. The predicted octanol–water partition coefficient (Wildman–Crippen LogP) is -7.42. The summed E-state index contributed by atoms with van der Waals surface area (Å²) < 4.78 is 0. The number of primary amides is 3. The number of carbonyl (C=O) groups excluding carboxylic acids is 15. The van der Waals surface area contributed by atoms with Gasteiger partial charge in [-0.25, -0.2) is 0 Å². The largest absolute Gasteiger partial charge is 0.508 e. The van der Waals surface area contributed by atoms with Crippen LogP contribution in [0.4, 0.5) is 0 Å². The summed E-state index contributed by atoms with van der Waals surface area (Å²) in [4.78, 5) is 189. The first-order chi connectivity index (χ1) is 36.2. The second-order valence-electron chi connectivity index (χ2n) is 18.3. The van der Waals surface area contributed by atoms with Gasteiger partial charge in [0.1, 0.15) is 72.2 Å². The molecule has 432 valence electrons. The van der Waals surface area contributed by atoms with Gasteiger partial charge in [0.15, 0.2) is 0 Å². The molecular weight excluding hydrogens is 1030 g/mol. The molecule has 1 aromatic carbocycles. The molecule has 1 aromatic rings. The molecule has 0 saturated carbocycles. The highest BCUT2D eigenvalue weighted by Crippen LogP contribution is 2.11. The second kappa shape index (κ2) is 32.5. The summed E-state index contributed by atoms with van der Waals surface area (Å²) >= 11 is 0. The van der Waals surface area contributed by atoms with Gasteiger partial charge >= 0.3 is 0 Å². The van der Waals surface area contributed by atoms with Crippen LogP contribution in [0.3, 0.4) is 0 Å². The van der Waals surface area contributed by atoms with E-state index in [-0.39, 0.29) is 31.4 Å². The van der Waals surface area contributed by atoms with Crippen LogP contribution in [-0.2, 0) is 78.3 Å². The van der Waals surface area contributed by atoms with Crippen molar-refractivity contribution in [3.05, 3.63) is 29.8 Å². The predicted molar refractivity (Wildman–Crippen MR) is 273 cm³/mol. The van der Waals surface area contributed by atoms with Crippen molar-refractivity contribution in [2.75, 3.05) is 6.54 Å². The molecule has 0 bridgehead atoms. The first kappa shape index (κ1) is 67.1. The highest BCUT2D eigenvalue weighted by molar-refractivity contribution is 5.99. The fourth-order valence-electron chi connectivity index (χ4n) is 6.51. The van der Waals surface area contributed by atoms with Crippen LogP contribution in [0.5, 0.6) is 5.75 Å². The minimum atomic E-state index is -1.50. The van der Waals surface area contributed by atoms with E-state index in [2.05, 4.69) is 63.8 Å². The fraction of sp³-hybridized carbons (Fsp3) is 0.553. The van der Waals surface area contributed by atoms with E-state index in [1.165, 1.54) is 86.6 Å². The summed E-state index contributed by atoms with van der Waals surface area (Å²) in [6, 6.07) is -8.51. The van der Waals surface area contributed by atoms with Gasteiger partial charge in [-0.2, -0.15) is 0 Å². The van der Waals surface area contributed by atoms with Crippen molar-refractivity contribution >= 4 is 88.6 Å². The molecule has 78 heavy (non-hydrogen) atoms. The van der Waals surface area contributed by atoms with E-state index in [1.54, 1.807) is 0 Å². The third-order valence-corrected chi connectivity index (χ3v) is 11.2. The number of aromatic hydroxyl groups is 1. The molecule has 0 aromatic heterocycles. The van der Waals surface area contributed by atoms with Gasteiger partial charge in [-0.3, -0.25) is 71.9 Å². The average molecular weight is 1100 g/mol. The maximum atomic E-state index is 13.3. The second-order valence-corrected chi connectivity index (χ2v) is 18.3. The van der Waals surface area contributed by atoms with Crippen LogP contribution in [0.1, 0.15) is 93.6 Å². The first-order valence-corrected chi connectivity index (χ1v) is 24.4. The molecule has 31 nitrogen and oxygen atoms in total. The van der Waals surface area contributed by atoms with Crippen molar-refractivity contribution < 1.29 is 77.0 Å². The van der Waals surface area contributed by atoms with Crippen molar-refractivity contribution in [3.63, 3.8) is 0 Å². The molecular formula is C47H73N15O16. The van der Waals surface area contributed by atoms with E-state index in [1.807, 2.05) is 0 Å². The van der Waals surface area contributed by atoms with Crippen LogP contribution in [0, 0.1) is 0 Å². The normalized spacial score (nSPS) is 14.9. The zero-order valence-corrected chi connectivity index (χ0v) is 44.7. The number of benzene rings is 1. The molecule has 11 atom stereocenters. The smallest absolute Gasteiger partial charge is 0.243 e. The zero-order chi connectivity index (χ0) is 59.7. The molecule has 1 rings (SSSR count). The Balaban J connectivity index is 2.80. The van der Waals surface area contributed by atoms with E-state index in [0.29, 0.717) is 5.56 Å². The lowest BCUT2D eigenvalue weighted by molar-refractivity contribution is -0.135. The number of amides is 15. The van der Waals surface area contributed by atoms with E-state index in [4.69, 9.17) is 17.2 Å². The van der Waals surface area contributed by atoms with Gasteiger partial charge in [-0.1, -0.05) is 12.1 Å². The number of rotatable bonds is 32. The molecule has 0 aliphatic rings. The minimum absolute atomic E-state index is 0.00847. The fourth-order valence-corrected chi connectivity index (χ4v) is 6.51. The van der Waals surface area contributed by atoms with E-state index < -0.39 is 168 Å². The maximum absolute atomic E-state index is 13.3. The summed E-state index contributed by atoms with van der Waals surface area (Å²) in [7, 11) is 0. The Hall–Kier alpha value is -8.93. The topological polar surface area (TPSA) is 499 Å². The van der Waals surface area contributed by atoms with E-state index >= 15 is 0 Å². The zero-order valence-electron chi connectivity index (χ0n) is 44.7. The van der Waals surface area contributed by atoms with Gasteiger partial charge in [0.25, 0.3) is 0 Å². The van der Waals surface area contributed by atoms with Crippen LogP contribution in [0.15, 0.2) is 24.3 Å². The Morgan fingerprint density at radius 3 is 1.00 bits per heavy atom. The standard InChI is InChI=1S/C47H73N15O16/c1-20(38(69)51-19-36(67)60-33(37(50)68)18-29-10-12-30(64)13-11-29)53-42(73)24(5)58-46(77)31(14-16-34(48)65)62-45(76)27(8)57-41(72)23(4)54-40(71)22(3)55-43(74)25(6)59-47(78)32(15-17-35(49)66)61-44(75)26(7)56-39(70)21(2)52-28(9)63/h10-13,20-27,31-33,64H,14-19H2,1-9H3,(H2,48,65)(H2,49,66)(H2,50,68)(H,51,69)(H,52,63)(H,53,73)(H,54,71)(H,55,74)(H,56,70)(H,57,72)(H,58,77)(H,59,78)(H,60,67)(H,61,75)(H,62,76)/t20-,21-,22-,23-,24-,25-,26-,27-,31-,32-,33-/m0/s1. The van der Waals surface area contributed by atoms with Gasteiger partial charge in [-0.05, 0) is 85.9 Å². The summed E-state index contributed by atoms with van der Waals surface area (Å²) in [5.74, 6) is -12.7. The molecule has 0 unspecified atom stereocenters. The molecule has 15 amide bonds. The van der Waals surface area contributed by atoms with Crippen LogP contribution in [0.2, 0.25) is 0 Å². The Morgan fingerprint density at radius 2 is 0.692 bits per heavy atom. The molecule has 0 radical (unpaired) electrons. The van der Waals surface area contributed by atoms with Crippen molar-refractivity contribution in [2.45, 2.75) is 161 Å². The van der Waals surface area contributed by atoms with Crippen LogP contribution < -0.4 is 81.0 Å². The summed E-state index contributed by atoms with van der Waals surface area (Å²) in [5.41, 5.74) is 16.5. The molecule has 0 spiro atoms. The highest BCUT2D eigenvalue weighted by Gasteiger charge is 2.32. The van der Waals surface area contributed by atoms with Crippen LogP contribution in [0.25, 0.3) is 0 Å². The molecule has 19 N–H and O–H groups in total. The molecule has 31 heteroatoms. The monoisotopic (exact) mass is 1100 g/mol. The van der Waals surface area contributed by atoms with E-state index in [0.717, 1.165) is 0 Å². The summed E-state index contributed by atoms with van der Waals surface area (Å²) in [6.07, 6.45) is -1.45. The third-order valence-electron chi connectivity index (χ3n) is 11.2. The minimum Gasteiger partial charge on any atom is -0.508 e. The first-order valence-electron chi connectivity index (χ1n) is 24.4. The Morgan fingerprint density at radius 1 is 0.397 bits per heavy atom. The van der Waals surface area contributed by atoms with Crippen molar-refractivity contribution in [3.8, 4) is 5.75 Å². The number of nitrogens with two attached hydrogens (primary N) is 3. The van der Waals surface area contributed by atoms with E-state index in [9.17, 15) is 77.0 Å². The average Bonchev–Trinajstić information content (AvgIpc) is 3.34. The van der Waals surface area contributed by atoms with Crippen molar-refractivity contribution in [1.29, 1.82) is 0 Å². The van der Waals surface area contributed by atoms with Crippen molar-refractivity contribution in [2.24, 2.45) is 17.2 Å². The number of nitrogens with one attached hydrogen (secondary N) is 12. The highest BCUT2D eigenvalue weighted by atomic mass is 16.3. The number of phenols is 1. The Kier molecular flexibility index (Phi) is 27.9. The molecule has 0 aliphatic carbocycles. The number of hydrogen-bond donors (Lipinski definition) is 16. The van der Waals surface area contributed by atoms with Gasteiger partial charge in [0.2, 0.25) is 88.6 Å². The van der Waals surface area contributed by atoms with Crippen LogP contribution in [-0.4, -0.2) is 167 Å². The third kappa shape index (κ3) is 25.1. The summed E-state index contributed by atoms with van der Waals surface area (Å²) in [5, 5.41) is 37.7. The number of hydrogen-bond acceptors (Lipinski definition) is 16. The Labute approximate surface area is 448 Å². The number of phenolic OH excluding ortho intramolecular Hbond substituents is 1. The van der Waals surface area contributed by atoms with Crippen LogP contribution >= 0.6 is 0 Å². The molecule has 0 fully saturated rings. The van der Waals surface area contributed by atoms with Gasteiger partial charge < -0.3 is 86.1 Å². The lowest BCUT2D eigenvalue weighted by Gasteiger charge is -2.25.